The van der Waals surface area contributed by atoms with Crippen LogP contribution in [0.3, 0.4) is 0 Å². The molecule has 1 aliphatic heterocycles. The van der Waals surface area contributed by atoms with Crippen molar-refractivity contribution < 1.29 is 18.7 Å². The molecule has 154 valence electrons. The Morgan fingerprint density at radius 3 is 2.47 bits per heavy atom. The second-order valence-electron chi connectivity index (χ2n) is 6.68. The lowest BCUT2D eigenvalue weighted by Gasteiger charge is -2.21. The Kier molecular flexibility index (Phi) is 5.83. The Bertz CT molecular complexity index is 1110. The van der Waals surface area contributed by atoms with E-state index in [1.54, 1.807) is 38.5 Å². The van der Waals surface area contributed by atoms with Crippen LogP contribution in [0.5, 0.6) is 11.5 Å². The maximum atomic E-state index is 13.2. The van der Waals surface area contributed by atoms with E-state index >= 15 is 0 Å². The van der Waals surface area contributed by atoms with Gasteiger partial charge in [0, 0.05) is 23.1 Å². The largest absolute Gasteiger partial charge is 0.497 e. The number of nitrogens with zero attached hydrogens (tertiary/aromatic N) is 2. The molecule has 2 heterocycles. The summed E-state index contributed by atoms with van der Waals surface area (Å²) in [5.74, 6) is 1.15. The number of benzene rings is 2. The van der Waals surface area contributed by atoms with Crippen molar-refractivity contribution in [3.05, 3.63) is 81.2 Å². The van der Waals surface area contributed by atoms with Gasteiger partial charge in [-0.15, -0.1) is 0 Å². The zero-order valence-corrected chi connectivity index (χ0v) is 18.6. The number of amides is 1. The number of methoxy groups -OCH3 is 2. The maximum Gasteiger partial charge on any atom is 0.310 e. The minimum Gasteiger partial charge on any atom is -0.497 e. The highest BCUT2D eigenvalue weighted by Crippen LogP contribution is 2.36. The molecule has 3 aromatic rings. The van der Waals surface area contributed by atoms with Crippen LogP contribution in [0.2, 0.25) is 5.02 Å². The summed E-state index contributed by atoms with van der Waals surface area (Å²) in [6.07, 6.45) is 0.504. The van der Waals surface area contributed by atoms with E-state index < -0.39 is 0 Å². The van der Waals surface area contributed by atoms with Crippen molar-refractivity contribution in [1.82, 2.24) is 5.01 Å². The van der Waals surface area contributed by atoms with E-state index in [-0.39, 0.29) is 17.7 Å². The number of hydrazone groups is 1. The molecule has 0 radical (unpaired) electrons. The third kappa shape index (κ3) is 4.08. The Balaban J connectivity index is 1.76. The number of hydrogen-bond acceptors (Lipinski definition) is 5. The van der Waals surface area contributed by atoms with E-state index in [2.05, 4.69) is 21.0 Å². The zero-order valence-electron chi connectivity index (χ0n) is 16.3. The van der Waals surface area contributed by atoms with Gasteiger partial charge in [-0.25, -0.2) is 5.01 Å². The summed E-state index contributed by atoms with van der Waals surface area (Å²) in [5, 5.41) is 6.69. The first-order valence-corrected chi connectivity index (χ1v) is 10.3. The highest BCUT2D eigenvalue weighted by molar-refractivity contribution is 9.10. The number of carbonyl (C=O) groups excluding carboxylic acids is 1. The summed E-state index contributed by atoms with van der Waals surface area (Å²) in [4.78, 5) is 13.2. The van der Waals surface area contributed by atoms with Crippen LogP contribution in [0, 0.1) is 0 Å². The fourth-order valence-electron chi connectivity index (χ4n) is 3.36. The van der Waals surface area contributed by atoms with Crippen molar-refractivity contribution in [3.63, 3.8) is 0 Å². The molecule has 4 rings (SSSR count). The molecule has 0 saturated carbocycles. The lowest BCUT2D eigenvalue weighted by atomic mass is 9.98. The quantitative estimate of drug-likeness (QED) is 0.461. The van der Waals surface area contributed by atoms with Gasteiger partial charge in [-0.3, -0.25) is 4.79 Å². The first-order chi connectivity index (χ1) is 14.5. The van der Waals surface area contributed by atoms with Crippen LogP contribution < -0.4 is 9.47 Å². The third-order valence-corrected chi connectivity index (χ3v) is 5.48. The summed E-state index contributed by atoms with van der Waals surface area (Å²) >= 11 is 9.45. The van der Waals surface area contributed by atoms with Crippen molar-refractivity contribution in [2.24, 2.45) is 5.10 Å². The van der Waals surface area contributed by atoms with E-state index in [1.807, 2.05) is 30.3 Å². The molecule has 1 amide bonds. The fourth-order valence-corrected chi connectivity index (χ4v) is 3.87. The van der Waals surface area contributed by atoms with Gasteiger partial charge in [0.25, 0.3) is 0 Å². The molecular formula is C22H18BrClN2O4. The number of hydrogen-bond donors (Lipinski definition) is 0. The van der Waals surface area contributed by atoms with Crippen LogP contribution >= 0.6 is 27.5 Å². The Hall–Kier alpha value is -2.77. The second-order valence-corrected chi connectivity index (χ2v) is 7.89. The van der Waals surface area contributed by atoms with Gasteiger partial charge < -0.3 is 13.9 Å². The first kappa shape index (κ1) is 20.5. The third-order valence-electron chi connectivity index (χ3n) is 4.82. The number of furan rings is 1. The predicted octanol–water partition coefficient (Wildman–Crippen LogP) is 5.70. The SMILES string of the molecule is COc1cc(OC)cc(C2=NN(C(=O)c3ccc(Br)o3)[C@@H](c3cccc(Cl)c3)C2)c1. The van der Waals surface area contributed by atoms with Crippen molar-refractivity contribution in [2.45, 2.75) is 12.5 Å². The highest BCUT2D eigenvalue weighted by atomic mass is 79.9. The summed E-state index contributed by atoms with van der Waals surface area (Å²) < 4.78 is 16.7. The topological polar surface area (TPSA) is 64.3 Å². The first-order valence-electron chi connectivity index (χ1n) is 9.14. The summed E-state index contributed by atoms with van der Waals surface area (Å²) in [6, 6.07) is 15.9. The minimum atomic E-state index is -0.337. The smallest absolute Gasteiger partial charge is 0.310 e. The molecule has 0 bridgehead atoms. The molecule has 0 aliphatic carbocycles. The number of rotatable bonds is 5. The van der Waals surface area contributed by atoms with Crippen LogP contribution in [-0.2, 0) is 0 Å². The van der Waals surface area contributed by atoms with Gasteiger partial charge in [0.2, 0.25) is 0 Å². The summed E-state index contributed by atoms with van der Waals surface area (Å²) in [6.45, 7) is 0. The van der Waals surface area contributed by atoms with Crippen LogP contribution in [0.4, 0.5) is 0 Å². The van der Waals surface area contributed by atoms with E-state index in [9.17, 15) is 4.79 Å². The Morgan fingerprint density at radius 2 is 1.87 bits per heavy atom. The molecule has 1 aliphatic rings. The Morgan fingerprint density at radius 1 is 1.13 bits per heavy atom. The summed E-state index contributed by atoms with van der Waals surface area (Å²) in [5.41, 5.74) is 2.43. The lowest BCUT2D eigenvalue weighted by Crippen LogP contribution is -2.26. The average molecular weight is 490 g/mol. The molecule has 1 atom stereocenters. The molecule has 0 spiro atoms. The molecular weight excluding hydrogens is 472 g/mol. The number of ether oxygens (including phenoxy) is 2. The van der Waals surface area contributed by atoms with E-state index in [0.717, 1.165) is 16.8 Å². The normalized spacial score (nSPS) is 15.8. The van der Waals surface area contributed by atoms with Crippen molar-refractivity contribution in [3.8, 4) is 11.5 Å². The molecule has 2 aromatic carbocycles. The number of carbonyl (C=O) groups is 1. The molecule has 0 unspecified atom stereocenters. The van der Waals surface area contributed by atoms with E-state index in [4.69, 9.17) is 25.5 Å². The van der Waals surface area contributed by atoms with Crippen molar-refractivity contribution in [1.29, 1.82) is 0 Å². The molecule has 30 heavy (non-hydrogen) atoms. The Labute approximate surface area is 187 Å². The second kappa shape index (κ2) is 8.53. The summed E-state index contributed by atoms with van der Waals surface area (Å²) in [7, 11) is 3.18. The predicted molar refractivity (Wildman–Crippen MR) is 117 cm³/mol. The van der Waals surface area contributed by atoms with Gasteiger partial charge in [0.15, 0.2) is 10.4 Å². The van der Waals surface area contributed by atoms with Crippen molar-refractivity contribution in [2.75, 3.05) is 14.2 Å². The van der Waals surface area contributed by atoms with Gasteiger partial charge in [-0.2, -0.15) is 5.10 Å². The molecule has 6 nitrogen and oxygen atoms in total. The minimum absolute atomic E-state index is 0.196. The van der Waals surface area contributed by atoms with Gasteiger partial charge in [-0.05, 0) is 57.9 Å². The van der Waals surface area contributed by atoms with E-state index in [1.165, 1.54) is 5.01 Å². The molecule has 0 N–H and O–H groups in total. The van der Waals surface area contributed by atoms with Crippen LogP contribution in [0.15, 0.2) is 68.8 Å². The van der Waals surface area contributed by atoms with Crippen LogP contribution in [-0.4, -0.2) is 30.8 Å². The van der Waals surface area contributed by atoms with Crippen LogP contribution in [0.1, 0.15) is 34.1 Å². The fraction of sp³-hybridized carbons (Fsp3) is 0.182. The molecule has 0 fully saturated rings. The molecule has 1 aromatic heterocycles. The zero-order chi connectivity index (χ0) is 21.3. The van der Waals surface area contributed by atoms with Crippen molar-refractivity contribution >= 4 is 39.1 Å². The van der Waals surface area contributed by atoms with Gasteiger partial charge in [-0.1, -0.05) is 23.7 Å². The lowest BCUT2D eigenvalue weighted by molar-refractivity contribution is 0.0677. The highest BCUT2D eigenvalue weighted by Gasteiger charge is 2.35. The van der Waals surface area contributed by atoms with Gasteiger partial charge in [0.05, 0.1) is 26.0 Å². The van der Waals surface area contributed by atoms with Gasteiger partial charge in [0.1, 0.15) is 11.5 Å². The van der Waals surface area contributed by atoms with E-state index in [0.29, 0.717) is 27.6 Å². The monoisotopic (exact) mass is 488 g/mol. The van der Waals surface area contributed by atoms with Gasteiger partial charge >= 0.3 is 5.91 Å². The average Bonchev–Trinajstić information content (AvgIpc) is 3.39. The van der Waals surface area contributed by atoms with Crippen LogP contribution in [0.25, 0.3) is 0 Å². The maximum absolute atomic E-state index is 13.2. The standard InChI is InChI=1S/C22H18BrClN2O4/c1-28-16-9-14(10-17(11-16)29-2)18-12-19(13-4-3-5-15(24)8-13)26(25-18)22(27)20-6-7-21(23)30-20/h3-11,19H,12H2,1-2H3/t19-/m1/s1. The molecule has 0 saturated heterocycles. The molecule has 8 heteroatoms. The number of halogens is 2.